The van der Waals surface area contributed by atoms with Gasteiger partial charge in [0, 0.05) is 25.1 Å². The van der Waals surface area contributed by atoms with Gasteiger partial charge in [0.2, 0.25) is 5.60 Å². The third-order valence-corrected chi connectivity index (χ3v) is 3.77. The highest BCUT2D eigenvalue weighted by molar-refractivity contribution is 6.07. The van der Waals surface area contributed by atoms with E-state index in [2.05, 4.69) is 15.6 Å². The summed E-state index contributed by atoms with van der Waals surface area (Å²) in [6.07, 6.45) is 0.191. The smallest absolute Gasteiger partial charge is 0.272 e. The molecule has 0 saturated carbocycles. The Labute approximate surface area is 132 Å². The lowest BCUT2D eigenvalue weighted by molar-refractivity contribution is -0.136. The molecule has 120 valence electrons. The Kier molecular flexibility index (Phi) is 3.63. The maximum atomic E-state index is 13.8. The van der Waals surface area contributed by atoms with Gasteiger partial charge in [0.05, 0.1) is 11.4 Å². The van der Waals surface area contributed by atoms with Gasteiger partial charge in [0.15, 0.2) is 0 Å². The number of oxime groups is 1. The van der Waals surface area contributed by atoms with Gasteiger partial charge in [0.25, 0.3) is 5.91 Å². The molecular weight excluding hydrogens is 299 g/mol. The minimum atomic E-state index is -1.18. The molecular formula is C16H17FN4O2. The number of nitrogens with one attached hydrogen (secondary N) is 1. The molecule has 1 atom stereocenters. The molecule has 2 aromatic rings. The maximum absolute atomic E-state index is 13.8. The monoisotopic (exact) mass is 316 g/mol. The standard InChI is InChI=1S/C16H17FN4O2/c1-10-8-14(21(3)19-10)18-15(22)16(2)9-13(20-23-16)11-6-4-5-7-12(11)17/h4-8H,9H2,1-3H3,(H,18,22)/t16-/m1/s1. The van der Waals surface area contributed by atoms with Crippen LogP contribution in [0.3, 0.4) is 0 Å². The third kappa shape index (κ3) is 2.81. The van der Waals surface area contributed by atoms with Crippen LogP contribution < -0.4 is 5.32 Å². The van der Waals surface area contributed by atoms with Gasteiger partial charge < -0.3 is 10.2 Å². The molecule has 1 aromatic heterocycles. The SMILES string of the molecule is Cc1cc(NC(=O)[C@@]2(C)CC(c3ccccc3F)=NO2)n(C)n1. The van der Waals surface area contributed by atoms with Gasteiger partial charge in [-0.15, -0.1) is 0 Å². The topological polar surface area (TPSA) is 68.5 Å². The summed E-state index contributed by atoms with van der Waals surface area (Å²) in [7, 11) is 1.74. The number of anilines is 1. The zero-order valence-electron chi connectivity index (χ0n) is 13.1. The molecule has 0 spiro atoms. The fraction of sp³-hybridized carbons (Fsp3) is 0.312. The van der Waals surface area contributed by atoms with E-state index in [-0.39, 0.29) is 18.1 Å². The summed E-state index contributed by atoms with van der Waals surface area (Å²) in [5.41, 5.74) is 0.376. The molecule has 0 radical (unpaired) electrons. The highest BCUT2D eigenvalue weighted by atomic mass is 19.1. The Balaban J connectivity index is 1.76. The highest BCUT2D eigenvalue weighted by Crippen LogP contribution is 2.29. The van der Waals surface area contributed by atoms with E-state index in [9.17, 15) is 9.18 Å². The first-order valence-electron chi connectivity index (χ1n) is 7.21. The van der Waals surface area contributed by atoms with Crippen LogP contribution in [0.25, 0.3) is 0 Å². The molecule has 1 aromatic carbocycles. The molecule has 7 heteroatoms. The number of carbonyl (C=O) groups is 1. The summed E-state index contributed by atoms with van der Waals surface area (Å²) in [4.78, 5) is 17.8. The van der Waals surface area contributed by atoms with E-state index in [4.69, 9.17) is 4.84 Å². The van der Waals surface area contributed by atoms with Crippen molar-refractivity contribution in [2.45, 2.75) is 25.9 Å². The molecule has 2 heterocycles. The van der Waals surface area contributed by atoms with Crippen molar-refractivity contribution in [2.75, 3.05) is 5.32 Å². The molecule has 6 nitrogen and oxygen atoms in total. The van der Waals surface area contributed by atoms with Gasteiger partial charge in [-0.05, 0) is 19.9 Å². The molecule has 3 rings (SSSR count). The first-order valence-corrected chi connectivity index (χ1v) is 7.21. The van der Waals surface area contributed by atoms with E-state index in [1.807, 2.05) is 6.92 Å². The molecule has 23 heavy (non-hydrogen) atoms. The third-order valence-electron chi connectivity index (χ3n) is 3.77. The van der Waals surface area contributed by atoms with Crippen LogP contribution >= 0.6 is 0 Å². The largest absolute Gasteiger partial charge is 0.379 e. The highest BCUT2D eigenvalue weighted by Gasteiger charge is 2.43. The molecule has 0 saturated heterocycles. The number of aromatic nitrogens is 2. The van der Waals surface area contributed by atoms with Crippen molar-refractivity contribution in [1.82, 2.24) is 9.78 Å². The second-order valence-electron chi connectivity index (χ2n) is 5.77. The summed E-state index contributed by atoms with van der Waals surface area (Å²) in [6, 6.07) is 8.05. The van der Waals surface area contributed by atoms with Crippen molar-refractivity contribution in [2.24, 2.45) is 12.2 Å². The van der Waals surface area contributed by atoms with E-state index < -0.39 is 5.60 Å². The number of benzene rings is 1. The lowest BCUT2D eigenvalue weighted by Gasteiger charge is -2.20. The average Bonchev–Trinajstić information content (AvgIpc) is 3.04. The predicted octanol–water partition coefficient (Wildman–Crippen LogP) is 2.39. The molecule has 1 amide bonds. The van der Waals surface area contributed by atoms with Gasteiger partial charge in [-0.25, -0.2) is 4.39 Å². The average molecular weight is 316 g/mol. The lowest BCUT2D eigenvalue weighted by Crippen LogP contribution is -2.40. The number of amides is 1. The minimum Gasteiger partial charge on any atom is -0.379 e. The van der Waals surface area contributed by atoms with E-state index in [1.165, 1.54) is 6.07 Å². The van der Waals surface area contributed by atoms with Crippen LogP contribution in [-0.2, 0) is 16.7 Å². The van der Waals surface area contributed by atoms with Gasteiger partial charge in [-0.2, -0.15) is 5.10 Å². The fourth-order valence-electron chi connectivity index (χ4n) is 2.48. The molecule has 1 aliphatic rings. The molecule has 0 unspecified atom stereocenters. The van der Waals surface area contributed by atoms with E-state index in [0.717, 1.165) is 5.69 Å². The van der Waals surface area contributed by atoms with Gasteiger partial charge in [0.1, 0.15) is 11.6 Å². The van der Waals surface area contributed by atoms with Crippen LogP contribution in [0.15, 0.2) is 35.5 Å². The molecule has 0 bridgehead atoms. The van der Waals surface area contributed by atoms with Crippen molar-refractivity contribution < 1.29 is 14.0 Å². The first-order chi connectivity index (χ1) is 10.9. The van der Waals surface area contributed by atoms with E-state index >= 15 is 0 Å². The van der Waals surface area contributed by atoms with Crippen LogP contribution in [0.2, 0.25) is 0 Å². The molecule has 1 N–H and O–H groups in total. The number of hydrogen-bond donors (Lipinski definition) is 1. The van der Waals surface area contributed by atoms with Crippen molar-refractivity contribution in [3.63, 3.8) is 0 Å². The summed E-state index contributed by atoms with van der Waals surface area (Å²) < 4.78 is 15.4. The molecule has 1 aliphatic heterocycles. The number of hydrogen-bond acceptors (Lipinski definition) is 4. The number of carbonyl (C=O) groups excluding carboxylic acids is 1. The van der Waals surface area contributed by atoms with Crippen molar-refractivity contribution in [3.8, 4) is 0 Å². The number of aryl methyl sites for hydroxylation is 2. The van der Waals surface area contributed by atoms with Crippen LogP contribution in [0.5, 0.6) is 0 Å². The minimum absolute atomic E-state index is 0.191. The zero-order valence-corrected chi connectivity index (χ0v) is 13.1. The van der Waals surface area contributed by atoms with Gasteiger partial charge >= 0.3 is 0 Å². The van der Waals surface area contributed by atoms with Gasteiger partial charge in [-0.3, -0.25) is 9.48 Å². The van der Waals surface area contributed by atoms with Crippen LogP contribution in [0, 0.1) is 12.7 Å². The summed E-state index contributed by atoms with van der Waals surface area (Å²) in [5.74, 6) is -0.172. The fourth-order valence-corrected chi connectivity index (χ4v) is 2.48. The zero-order chi connectivity index (χ0) is 16.6. The Bertz CT molecular complexity index is 799. The Hall–Kier alpha value is -2.70. The van der Waals surface area contributed by atoms with Crippen LogP contribution in [-0.4, -0.2) is 27.0 Å². The predicted molar refractivity (Wildman–Crippen MR) is 83.6 cm³/mol. The number of halogens is 1. The van der Waals surface area contributed by atoms with Gasteiger partial charge in [-0.1, -0.05) is 23.4 Å². The first kappa shape index (κ1) is 15.2. The second kappa shape index (κ2) is 5.49. The number of rotatable bonds is 3. The Morgan fingerprint density at radius 1 is 1.43 bits per heavy atom. The lowest BCUT2D eigenvalue weighted by atomic mass is 9.95. The quantitative estimate of drug-likeness (QED) is 0.945. The van der Waals surface area contributed by atoms with E-state index in [0.29, 0.717) is 17.1 Å². The van der Waals surface area contributed by atoms with Crippen molar-refractivity contribution >= 4 is 17.4 Å². The number of nitrogens with zero attached hydrogens (tertiary/aromatic N) is 3. The van der Waals surface area contributed by atoms with Crippen molar-refractivity contribution in [3.05, 3.63) is 47.4 Å². The summed E-state index contributed by atoms with van der Waals surface area (Å²) in [6.45, 7) is 3.46. The van der Waals surface area contributed by atoms with Crippen molar-refractivity contribution in [1.29, 1.82) is 0 Å². The summed E-state index contributed by atoms with van der Waals surface area (Å²) >= 11 is 0. The Morgan fingerprint density at radius 3 is 2.83 bits per heavy atom. The van der Waals surface area contributed by atoms with Crippen LogP contribution in [0.1, 0.15) is 24.6 Å². The maximum Gasteiger partial charge on any atom is 0.272 e. The second-order valence-corrected chi connectivity index (χ2v) is 5.77. The summed E-state index contributed by atoms with van der Waals surface area (Å²) in [5, 5.41) is 10.8. The Morgan fingerprint density at radius 2 is 2.17 bits per heavy atom. The van der Waals surface area contributed by atoms with E-state index in [1.54, 1.807) is 42.9 Å². The van der Waals surface area contributed by atoms with Crippen LogP contribution in [0.4, 0.5) is 10.2 Å². The molecule has 0 aliphatic carbocycles. The normalized spacial score (nSPS) is 20.1. The molecule has 0 fully saturated rings.